The zero-order chi connectivity index (χ0) is 32.2. The first-order valence-electron chi connectivity index (χ1n) is 18.9. The summed E-state index contributed by atoms with van der Waals surface area (Å²) in [7, 11) is 0. The van der Waals surface area contributed by atoms with Crippen molar-refractivity contribution in [2.45, 2.75) is 200 Å². The van der Waals surface area contributed by atoms with Crippen LogP contribution in [0, 0.1) is 0 Å². The fourth-order valence-corrected chi connectivity index (χ4v) is 5.35. The number of ether oxygens (including phenoxy) is 2. The summed E-state index contributed by atoms with van der Waals surface area (Å²) in [5.41, 5.74) is 0. The number of hydrogen-bond donors (Lipinski definition) is 1. The van der Waals surface area contributed by atoms with Crippen molar-refractivity contribution < 1.29 is 24.2 Å². The second-order valence-electron chi connectivity index (χ2n) is 12.7. The van der Waals surface area contributed by atoms with Gasteiger partial charge >= 0.3 is 11.9 Å². The lowest BCUT2D eigenvalue weighted by Crippen LogP contribution is -2.28. The van der Waals surface area contributed by atoms with Crippen LogP contribution in [0.5, 0.6) is 0 Å². The molecule has 258 valence electrons. The fraction of sp³-hybridized carbons (Fsp3) is 0.846. The molecular formula is C39H72O5. The van der Waals surface area contributed by atoms with E-state index < -0.39 is 6.10 Å². The number of aliphatic hydroxyl groups is 1. The molecule has 0 aromatic carbocycles. The minimum atomic E-state index is -0.773. The van der Waals surface area contributed by atoms with Gasteiger partial charge in [-0.15, -0.1) is 0 Å². The number of esters is 2. The molecule has 5 heteroatoms. The van der Waals surface area contributed by atoms with Crippen LogP contribution >= 0.6 is 0 Å². The van der Waals surface area contributed by atoms with Crippen molar-refractivity contribution in [2.24, 2.45) is 0 Å². The molecule has 44 heavy (non-hydrogen) atoms. The second kappa shape index (κ2) is 35.9. The maximum atomic E-state index is 12.1. The number of unbranched alkanes of at least 4 members (excludes halogenated alkanes) is 22. The van der Waals surface area contributed by atoms with Crippen LogP contribution in [-0.4, -0.2) is 36.4 Å². The Morgan fingerprint density at radius 3 is 1.39 bits per heavy atom. The first-order chi connectivity index (χ1) is 21.6. The van der Waals surface area contributed by atoms with Gasteiger partial charge in [0.2, 0.25) is 0 Å². The van der Waals surface area contributed by atoms with E-state index in [2.05, 4.69) is 38.2 Å². The van der Waals surface area contributed by atoms with Crippen LogP contribution in [0.3, 0.4) is 0 Å². The molecule has 0 heterocycles. The molecule has 0 aliphatic carbocycles. The highest BCUT2D eigenvalue weighted by molar-refractivity contribution is 5.70. The number of hydrogen-bond acceptors (Lipinski definition) is 5. The minimum absolute atomic E-state index is 0.0675. The van der Waals surface area contributed by atoms with Gasteiger partial charge in [-0.2, -0.15) is 0 Å². The molecule has 0 aliphatic rings. The van der Waals surface area contributed by atoms with E-state index in [9.17, 15) is 14.7 Å². The molecule has 0 fully saturated rings. The van der Waals surface area contributed by atoms with Crippen molar-refractivity contribution in [3.05, 3.63) is 24.3 Å². The number of aliphatic hydroxyl groups excluding tert-OH is 1. The molecule has 0 aliphatic heterocycles. The van der Waals surface area contributed by atoms with Gasteiger partial charge in [-0.05, 0) is 44.9 Å². The van der Waals surface area contributed by atoms with Gasteiger partial charge in [0, 0.05) is 12.8 Å². The van der Waals surface area contributed by atoms with Crippen molar-refractivity contribution in [1.82, 2.24) is 0 Å². The lowest BCUT2D eigenvalue weighted by molar-refractivity contribution is -0.161. The Morgan fingerprint density at radius 2 is 0.909 bits per heavy atom. The zero-order valence-electron chi connectivity index (χ0n) is 29.2. The predicted molar refractivity (Wildman–Crippen MR) is 187 cm³/mol. The van der Waals surface area contributed by atoms with Crippen molar-refractivity contribution in [3.8, 4) is 0 Å². The minimum Gasteiger partial charge on any atom is -0.462 e. The SMILES string of the molecule is CCCCC/C=C\C/C=C\CCCCCCCC(=O)O[C@@H](CO)COC(=O)CCCCCCCCCCCCCCCCC. The standard InChI is InChI=1S/C39H72O5/c1-3-5-7-9-11-13-15-17-19-21-23-25-27-29-31-33-38(41)43-36-37(35-40)44-39(42)34-32-30-28-26-24-22-20-18-16-14-12-10-8-6-4-2/h12,14,18,20,37,40H,3-11,13,15-17,19,21-36H2,1-2H3/b14-12-,20-18-/t37-/m0/s1. The molecule has 1 atom stereocenters. The Hall–Kier alpha value is -1.62. The monoisotopic (exact) mass is 621 g/mol. The van der Waals surface area contributed by atoms with E-state index in [1.54, 1.807) is 0 Å². The normalized spacial score (nSPS) is 12.3. The number of allylic oxidation sites excluding steroid dienone is 4. The molecule has 0 bridgehead atoms. The Balaban J connectivity index is 3.56. The van der Waals surface area contributed by atoms with Gasteiger partial charge in [0.25, 0.3) is 0 Å². The largest absolute Gasteiger partial charge is 0.462 e. The maximum Gasteiger partial charge on any atom is 0.306 e. The van der Waals surface area contributed by atoms with Gasteiger partial charge in [0.1, 0.15) is 6.61 Å². The summed E-state index contributed by atoms with van der Waals surface area (Å²) < 4.78 is 10.6. The van der Waals surface area contributed by atoms with E-state index in [1.807, 2.05) is 0 Å². The van der Waals surface area contributed by atoms with Crippen LogP contribution < -0.4 is 0 Å². The Kier molecular flexibility index (Phi) is 34.5. The zero-order valence-corrected chi connectivity index (χ0v) is 29.2. The first-order valence-corrected chi connectivity index (χ1v) is 18.9. The quantitative estimate of drug-likeness (QED) is 0.0440. The van der Waals surface area contributed by atoms with Crippen LogP contribution in [0.25, 0.3) is 0 Å². The highest BCUT2D eigenvalue weighted by Gasteiger charge is 2.16. The van der Waals surface area contributed by atoms with Crippen molar-refractivity contribution in [3.63, 3.8) is 0 Å². The van der Waals surface area contributed by atoms with E-state index in [0.29, 0.717) is 12.8 Å². The van der Waals surface area contributed by atoms with Gasteiger partial charge < -0.3 is 14.6 Å². The van der Waals surface area contributed by atoms with Crippen LogP contribution in [0.4, 0.5) is 0 Å². The number of rotatable bonds is 34. The summed E-state index contributed by atoms with van der Waals surface area (Å²) in [6.45, 7) is 4.10. The second-order valence-corrected chi connectivity index (χ2v) is 12.7. The summed E-state index contributed by atoms with van der Waals surface area (Å²) in [4.78, 5) is 24.2. The molecule has 0 amide bonds. The van der Waals surface area contributed by atoms with Crippen molar-refractivity contribution >= 4 is 11.9 Å². The van der Waals surface area contributed by atoms with Crippen molar-refractivity contribution in [2.75, 3.05) is 13.2 Å². The number of carbonyl (C=O) groups is 2. The van der Waals surface area contributed by atoms with E-state index in [0.717, 1.165) is 51.4 Å². The highest BCUT2D eigenvalue weighted by Crippen LogP contribution is 2.14. The number of carbonyl (C=O) groups excluding carboxylic acids is 2. The van der Waals surface area contributed by atoms with E-state index in [4.69, 9.17) is 9.47 Å². The van der Waals surface area contributed by atoms with E-state index in [-0.39, 0.29) is 25.2 Å². The van der Waals surface area contributed by atoms with Crippen LogP contribution in [0.2, 0.25) is 0 Å². The van der Waals surface area contributed by atoms with Crippen LogP contribution in [-0.2, 0) is 19.1 Å². The summed E-state index contributed by atoms with van der Waals surface area (Å²) in [5.74, 6) is -0.601. The average molecular weight is 621 g/mol. The molecule has 0 saturated heterocycles. The van der Waals surface area contributed by atoms with Gasteiger partial charge in [0.15, 0.2) is 6.10 Å². The van der Waals surface area contributed by atoms with Crippen molar-refractivity contribution in [1.29, 1.82) is 0 Å². The third-order valence-electron chi connectivity index (χ3n) is 8.25. The Bertz CT molecular complexity index is 671. The van der Waals surface area contributed by atoms with Gasteiger partial charge in [-0.1, -0.05) is 160 Å². The summed E-state index contributed by atoms with van der Waals surface area (Å²) in [6.07, 6.45) is 40.9. The van der Waals surface area contributed by atoms with Crippen LogP contribution in [0.15, 0.2) is 24.3 Å². The van der Waals surface area contributed by atoms with E-state index in [1.165, 1.54) is 116 Å². The third kappa shape index (κ3) is 33.3. The van der Waals surface area contributed by atoms with Crippen LogP contribution in [0.1, 0.15) is 194 Å². The maximum absolute atomic E-state index is 12.1. The Morgan fingerprint density at radius 1 is 0.523 bits per heavy atom. The van der Waals surface area contributed by atoms with E-state index >= 15 is 0 Å². The molecule has 0 unspecified atom stereocenters. The van der Waals surface area contributed by atoms with Gasteiger partial charge in [0.05, 0.1) is 6.61 Å². The molecule has 0 aromatic rings. The molecule has 0 spiro atoms. The Labute approximate surface area is 273 Å². The highest BCUT2D eigenvalue weighted by atomic mass is 16.6. The molecule has 0 aromatic heterocycles. The molecule has 5 nitrogen and oxygen atoms in total. The molecule has 0 saturated carbocycles. The molecule has 1 N–H and O–H groups in total. The lowest BCUT2D eigenvalue weighted by atomic mass is 10.0. The summed E-state index contributed by atoms with van der Waals surface area (Å²) >= 11 is 0. The first kappa shape index (κ1) is 42.4. The topological polar surface area (TPSA) is 72.8 Å². The predicted octanol–water partition coefficient (Wildman–Crippen LogP) is 11.5. The summed E-state index contributed by atoms with van der Waals surface area (Å²) in [6, 6.07) is 0. The van der Waals surface area contributed by atoms with Gasteiger partial charge in [-0.3, -0.25) is 9.59 Å². The molecule has 0 radical (unpaired) electrons. The fourth-order valence-electron chi connectivity index (χ4n) is 5.35. The molecule has 0 rings (SSSR count). The summed E-state index contributed by atoms with van der Waals surface area (Å²) in [5, 5.41) is 9.53. The lowest BCUT2D eigenvalue weighted by Gasteiger charge is -2.15. The third-order valence-corrected chi connectivity index (χ3v) is 8.25. The van der Waals surface area contributed by atoms with Gasteiger partial charge in [-0.25, -0.2) is 0 Å². The average Bonchev–Trinajstić information content (AvgIpc) is 3.02. The molecular weight excluding hydrogens is 548 g/mol. The smallest absolute Gasteiger partial charge is 0.306 e.